The fraction of sp³-hybridized carbons (Fsp3) is 0.238. The van der Waals surface area contributed by atoms with Gasteiger partial charge in [0.1, 0.15) is 17.3 Å². The van der Waals surface area contributed by atoms with Gasteiger partial charge in [0, 0.05) is 11.1 Å². The number of amides is 1. The Labute approximate surface area is 173 Å². The van der Waals surface area contributed by atoms with Gasteiger partial charge in [0.05, 0.1) is 43.4 Å². The van der Waals surface area contributed by atoms with E-state index in [1.54, 1.807) is 43.0 Å². The van der Waals surface area contributed by atoms with E-state index in [0.29, 0.717) is 40.0 Å². The van der Waals surface area contributed by atoms with Crippen molar-refractivity contribution < 1.29 is 18.7 Å². The summed E-state index contributed by atoms with van der Waals surface area (Å²) in [7, 11) is 3.04. The lowest BCUT2D eigenvalue weighted by molar-refractivity contribution is 0.102. The highest BCUT2D eigenvalue weighted by Gasteiger charge is 2.19. The second-order valence-electron chi connectivity index (χ2n) is 6.46. The van der Waals surface area contributed by atoms with Gasteiger partial charge in [-0.15, -0.1) is 0 Å². The van der Waals surface area contributed by atoms with E-state index < -0.39 is 5.82 Å². The number of methoxy groups -OCH3 is 2. The maximum atomic E-state index is 13.3. The van der Waals surface area contributed by atoms with Crippen LogP contribution < -0.4 is 14.8 Å². The maximum Gasteiger partial charge on any atom is 0.259 e. The topological polar surface area (TPSA) is 65.4 Å². The number of nitrogens with one attached hydrogen (secondary N) is 1. The van der Waals surface area contributed by atoms with Crippen LogP contribution in [0.15, 0.2) is 36.4 Å². The molecule has 6 nitrogen and oxygen atoms in total. The maximum absolute atomic E-state index is 13.3. The van der Waals surface area contributed by atoms with Crippen LogP contribution >= 0.6 is 11.6 Å². The van der Waals surface area contributed by atoms with E-state index in [1.807, 2.05) is 6.92 Å². The molecule has 0 bridgehead atoms. The van der Waals surface area contributed by atoms with Crippen molar-refractivity contribution in [3.8, 4) is 11.5 Å². The molecule has 3 aromatic rings. The van der Waals surface area contributed by atoms with Crippen molar-refractivity contribution in [1.82, 2.24) is 9.78 Å². The highest BCUT2D eigenvalue weighted by atomic mass is 35.5. The molecule has 0 aliphatic rings. The molecular weight excluding hydrogens is 397 g/mol. The van der Waals surface area contributed by atoms with Crippen molar-refractivity contribution in [2.75, 3.05) is 19.5 Å². The normalized spacial score (nSPS) is 10.7. The molecule has 0 spiro atoms. The van der Waals surface area contributed by atoms with Crippen LogP contribution in [0.1, 0.15) is 27.3 Å². The van der Waals surface area contributed by atoms with Crippen molar-refractivity contribution in [3.63, 3.8) is 0 Å². The molecule has 1 heterocycles. The second-order valence-corrected chi connectivity index (χ2v) is 6.87. The first kappa shape index (κ1) is 20.7. The molecule has 1 N–H and O–H groups in total. The SMILES string of the molecule is COc1ccc(C(=O)Nc2c(C)nn(Cc3ccc(F)cc3Cl)c2C)c(OC)c1. The lowest BCUT2D eigenvalue weighted by Crippen LogP contribution is -2.14. The lowest BCUT2D eigenvalue weighted by Gasteiger charge is -2.11. The Morgan fingerprint density at radius 1 is 1.17 bits per heavy atom. The minimum absolute atomic E-state index is 0.324. The van der Waals surface area contributed by atoms with Gasteiger partial charge in [0.25, 0.3) is 5.91 Å². The van der Waals surface area contributed by atoms with E-state index in [9.17, 15) is 9.18 Å². The van der Waals surface area contributed by atoms with Crippen LogP contribution in [0.25, 0.3) is 0 Å². The molecule has 29 heavy (non-hydrogen) atoms. The summed E-state index contributed by atoms with van der Waals surface area (Å²) in [6.45, 7) is 4.00. The van der Waals surface area contributed by atoms with Crippen molar-refractivity contribution in [1.29, 1.82) is 0 Å². The quantitative estimate of drug-likeness (QED) is 0.636. The van der Waals surface area contributed by atoms with Gasteiger partial charge in [0.15, 0.2) is 0 Å². The Balaban J connectivity index is 1.86. The Bertz CT molecular complexity index is 1070. The first-order valence-electron chi connectivity index (χ1n) is 8.85. The van der Waals surface area contributed by atoms with Gasteiger partial charge in [-0.2, -0.15) is 5.10 Å². The molecule has 0 atom stereocenters. The van der Waals surface area contributed by atoms with Gasteiger partial charge in [-0.3, -0.25) is 9.48 Å². The predicted molar refractivity (Wildman–Crippen MR) is 110 cm³/mol. The van der Waals surface area contributed by atoms with E-state index in [0.717, 1.165) is 11.3 Å². The Morgan fingerprint density at radius 2 is 1.93 bits per heavy atom. The van der Waals surface area contributed by atoms with Crippen LogP contribution in [0.3, 0.4) is 0 Å². The van der Waals surface area contributed by atoms with Crippen LogP contribution in [-0.4, -0.2) is 29.9 Å². The summed E-state index contributed by atoms with van der Waals surface area (Å²) in [5, 5.41) is 7.71. The molecule has 152 valence electrons. The minimum Gasteiger partial charge on any atom is -0.497 e. The van der Waals surface area contributed by atoms with Crippen molar-refractivity contribution in [2.24, 2.45) is 0 Å². The summed E-state index contributed by atoms with van der Waals surface area (Å²) in [5.41, 5.74) is 3.12. The Morgan fingerprint density at radius 3 is 2.59 bits per heavy atom. The van der Waals surface area contributed by atoms with Crippen molar-refractivity contribution in [2.45, 2.75) is 20.4 Å². The third kappa shape index (κ3) is 4.35. The van der Waals surface area contributed by atoms with Crippen LogP contribution in [0.4, 0.5) is 10.1 Å². The molecule has 2 aromatic carbocycles. The van der Waals surface area contributed by atoms with Gasteiger partial charge in [-0.25, -0.2) is 4.39 Å². The molecule has 3 rings (SSSR count). The standard InChI is InChI=1S/C21H21ClFN3O3/c1-12-20(24-21(27)17-8-7-16(28-3)10-19(17)29-4)13(2)26(25-12)11-14-5-6-15(23)9-18(14)22/h5-10H,11H2,1-4H3,(H,24,27). The number of carbonyl (C=O) groups is 1. The van der Waals surface area contributed by atoms with E-state index in [-0.39, 0.29) is 5.91 Å². The number of anilines is 1. The first-order valence-corrected chi connectivity index (χ1v) is 9.23. The summed E-state index contributed by atoms with van der Waals surface area (Å²) >= 11 is 6.13. The number of hydrogen-bond acceptors (Lipinski definition) is 4. The molecule has 0 unspecified atom stereocenters. The van der Waals surface area contributed by atoms with E-state index in [4.69, 9.17) is 21.1 Å². The lowest BCUT2D eigenvalue weighted by atomic mass is 10.1. The summed E-state index contributed by atoms with van der Waals surface area (Å²) < 4.78 is 25.5. The Kier molecular flexibility index (Phi) is 6.08. The monoisotopic (exact) mass is 417 g/mol. The average molecular weight is 418 g/mol. The predicted octanol–water partition coefficient (Wildman–Crippen LogP) is 4.61. The van der Waals surface area contributed by atoms with Gasteiger partial charge in [-0.1, -0.05) is 17.7 Å². The molecule has 8 heteroatoms. The second kappa shape index (κ2) is 8.53. The number of aryl methyl sites for hydroxylation is 1. The molecule has 0 saturated heterocycles. The summed E-state index contributed by atoms with van der Waals surface area (Å²) in [6, 6.07) is 9.22. The average Bonchev–Trinajstić information content (AvgIpc) is 2.96. The van der Waals surface area contributed by atoms with Crippen LogP contribution in [0, 0.1) is 19.7 Å². The van der Waals surface area contributed by atoms with Crippen LogP contribution in [-0.2, 0) is 6.54 Å². The zero-order valence-corrected chi connectivity index (χ0v) is 17.3. The largest absolute Gasteiger partial charge is 0.497 e. The molecule has 0 radical (unpaired) electrons. The molecule has 1 amide bonds. The number of benzene rings is 2. The number of nitrogens with zero attached hydrogens (tertiary/aromatic N) is 2. The van der Waals surface area contributed by atoms with Gasteiger partial charge < -0.3 is 14.8 Å². The minimum atomic E-state index is -0.395. The third-order valence-electron chi connectivity index (χ3n) is 4.61. The Hall–Kier alpha value is -3.06. The zero-order chi connectivity index (χ0) is 21.1. The highest BCUT2D eigenvalue weighted by molar-refractivity contribution is 6.31. The highest BCUT2D eigenvalue weighted by Crippen LogP contribution is 2.28. The molecule has 1 aromatic heterocycles. The van der Waals surface area contributed by atoms with E-state index in [2.05, 4.69) is 10.4 Å². The smallest absolute Gasteiger partial charge is 0.259 e. The number of ether oxygens (including phenoxy) is 2. The molecular formula is C21H21ClFN3O3. The van der Waals surface area contributed by atoms with Crippen LogP contribution in [0.5, 0.6) is 11.5 Å². The molecule has 0 aliphatic carbocycles. The number of hydrogen-bond donors (Lipinski definition) is 1. The van der Waals surface area contributed by atoms with Gasteiger partial charge in [-0.05, 0) is 43.7 Å². The zero-order valence-electron chi connectivity index (χ0n) is 16.5. The number of aromatic nitrogens is 2. The summed E-state index contributed by atoms with van der Waals surface area (Å²) in [4.78, 5) is 12.8. The van der Waals surface area contributed by atoms with Crippen molar-refractivity contribution in [3.05, 3.63) is 69.8 Å². The first-order chi connectivity index (χ1) is 13.8. The van der Waals surface area contributed by atoms with Crippen molar-refractivity contribution >= 4 is 23.2 Å². The molecule has 0 fully saturated rings. The summed E-state index contributed by atoms with van der Waals surface area (Å²) in [5.74, 6) is 0.279. The van der Waals surface area contributed by atoms with Gasteiger partial charge in [0.2, 0.25) is 0 Å². The number of carbonyl (C=O) groups excluding carboxylic acids is 1. The molecule has 0 aliphatic heterocycles. The number of rotatable bonds is 6. The fourth-order valence-corrected chi connectivity index (χ4v) is 3.24. The third-order valence-corrected chi connectivity index (χ3v) is 4.96. The van der Waals surface area contributed by atoms with Gasteiger partial charge >= 0.3 is 0 Å². The van der Waals surface area contributed by atoms with E-state index in [1.165, 1.54) is 19.2 Å². The summed E-state index contributed by atoms with van der Waals surface area (Å²) in [6.07, 6.45) is 0. The van der Waals surface area contributed by atoms with Crippen LogP contribution in [0.2, 0.25) is 5.02 Å². The fourth-order valence-electron chi connectivity index (χ4n) is 3.01. The molecule has 0 saturated carbocycles. The number of halogens is 2. The van der Waals surface area contributed by atoms with E-state index >= 15 is 0 Å².